The number of halogens is 2. The molecule has 0 N–H and O–H groups in total. The van der Waals surface area contributed by atoms with Crippen LogP contribution in [0, 0.1) is 6.92 Å². The van der Waals surface area contributed by atoms with E-state index in [0.717, 1.165) is 5.56 Å². The average molecular weight is 263 g/mol. The van der Waals surface area contributed by atoms with Crippen LogP contribution in [-0.4, -0.2) is 12.3 Å². The SMILES string of the molecule is Cc1cc(Cl)c(OC(=O)OC(C)C)c(Cl)c1. The van der Waals surface area contributed by atoms with Gasteiger partial charge in [0, 0.05) is 0 Å². The zero-order chi connectivity index (χ0) is 12.3. The Morgan fingerprint density at radius 3 is 2.19 bits per heavy atom. The smallest absolute Gasteiger partial charge is 0.431 e. The quantitative estimate of drug-likeness (QED) is 0.591. The molecule has 0 unspecified atom stereocenters. The molecule has 1 aromatic carbocycles. The lowest BCUT2D eigenvalue weighted by atomic mass is 10.2. The highest BCUT2D eigenvalue weighted by Gasteiger charge is 2.15. The summed E-state index contributed by atoms with van der Waals surface area (Å²) < 4.78 is 9.73. The fourth-order valence-corrected chi connectivity index (χ4v) is 1.76. The molecule has 0 bridgehead atoms. The lowest BCUT2D eigenvalue weighted by molar-refractivity contribution is 0.0729. The molecule has 0 aromatic heterocycles. The molecule has 3 nitrogen and oxygen atoms in total. The normalized spacial score (nSPS) is 10.4. The van der Waals surface area contributed by atoms with Crippen molar-refractivity contribution in [3.05, 3.63) is 27.7 Å². The van der Waals surface area contributed by atoms with Gasteiger partial charge in [-0.05, 0) is 38.5 Å². The van der Waals surface area contributed by atoms with E-state index in [1.165, 1.54) is 0 Å². The van der Waals surface area contributed by atoms with Crippen molar-refractivity contribution in [3.8, 4) is 5.75 Å². The highest BCUT2D eigenvalue weighted by atomic mass is 35.5. The summed E-state index contributed by atoms with van der Waals surface area (Å²) in [4.78, 5) is 11.3. The van der Waals surface area contributed by atoms with Crippen LogP contribution in [0.15, 0.2) is 12.1 Å². The predicted molar refractivity (Wildman–Crippen MR) is 63.4 cm³/mol. The molecule has 1 aromatic rings. The van der Waals surface area contributed by atoms with Crippen molar-refractivity contribution in [1.82, 2.24) is 0 Å². The van der Waals surface area contributed by atoms with E-state index in [4.69, 9.17) is 32.7 Å². The van der Waals surface area contributed by atoms with Gasteiger partial charge in [-0.2, -0.15) is 0 Å². The van der Waals surface area contributed by atoms with Gasteiger partial charge in [0.1, 0.15) is 0 Å². The van der Waals surface area contributed by atoms with Crippen LogP contribution in [0.25, 0.3) is 0 Å². The minimum absolute atomic E-state index is 0.125. The van der Waals surface area contributed by atoms with E-state index in [1.54, 1.807) is 26.0 Å². The van der Waals surface area contributed by atoms with Crippen molar-refractivity contribution in [3.63, 3.8) is 0 Å². The van der Waals surface area contributed by atoms with Gasteiger partial charge >= 0.3 is 6.16 Å². The van der Waals surface area contributed by atoms with Gasteiger partial charge in [0.2, 0.25) is 0 Å². The predicted octanol–water partition coefficient (Wildman–Crippen LogP) is 4.23. The Balaban J connectivity index is 2.85. The molecule has 0 aliphatic rings. The molecule has 5 heteroatoms. The second kappa shape index (κ2) is 5.41. The number of carbonyl (C=O) groups is 1. The van der Waals surface area contributed by atoms with E-state index in [2.05, 4.69) is 0 Å². The molecule has 1 rings (SSSR count). The van der Waals surface area contributed by atoms with Gasteiger partial charge in [-0.1, -0.05) is 23.2 Å². The lowest BCUT2D eigenvalue weighted by Gasteiger charge is -2.11. The molecule has 16 heavy (non-hydrogen) atoms. The van der Waals surface area contributed by atoms with Gasteiger partial charge in [0.25, 0.3) is 0 Å². The van der Waals surface area contributed by atoms with E-state index >= 15 is 0 Å². The van der Waals surface area contributed by atoms with Crippen LogP contribution in [0.4, 0.5) is 4.79 Å². The molecule has 0 heterocycles. The van der Waals surface area contributed by atoms with Crippen LogP contribution in [-0.2, 0) is 4.74 Å². The van der Waals surface area contributed by atoms with Crippen molar-refractivity contribution in [2.75, 3.05) is 0 Å². The standard InChI is InChI=1S/C11H12Cl2O3/c1-6(2)15-11(14)16-10-8(12)4-7(3)5-9(10)13/h4-6H,1-3H3. The maximum absolute atomic E-state index is 11.3. The molecule has 0 saturated carbocycles. The van der Waals surface area contributed by atoms with Gasteiger partial charge in [-0.3, -0.25) is 0 Å². The second-order valence-electron chi connectivity index (χ2n) is 3.58. The van der Waals surface area contributed by atoms with E-state index in [1.807, 2.05) is 6.92 Å². The Labute approximate surface area is 104 Å². The first-order valence-corrected chi connectivity index (χ1v) is 5.50. The number of rotatable bonds is 2. The number of aryl methyl sites for hydroxylation is 1. The summed E-state index contributed by atoms with van der Waals surface area (Å²) in [5.74, 6) is 0.125. The second-order valence-corrected chi connectivity index (χ2v) is 4.39. The van der Waals surface area contributed by atoms with Gasteiger partial charge < -0.3 is 9.47 Å². The molecular formula is C11H12Cl2O3. The van der Waals surface area contributed by atoms with Crippen LogP contribution in [0.3, 0.4) is 0 Å². The van der Waals surface area contributed by atoms with Crippen molar-refractivity contribution in [1.29, 1.82) is 0 Å². The summed E-state index contributed by atoms with van der Waals surface area (Å²) in [5.41, 5.74) is 0.888. The minimum atomic E-state index is -0.817. The Hall–Kier alpha value is -0.930. The van der Waals surface area contributed by atoms with Crippen molar-refractivity contribution >= 4 is 29.4 Å². The number of benzene rings is 1. The first kappa shape index (κ1) is 13.1. The largest absolute Gasteiger partial charge is 0.514 e. The van der Waals surface area contributed by atoms with Gasteiger partial charge in [-0.15, -0.1) is 0 Å². The van der Waals surface area contributed by atoms with E-state index in [0.29, 0.717) is 0 Å². The van der Waals surface area contributed by atoms with Crippen LogP contribution in [0.2, 0.25) is 10.0 Å². The molecule has 88 valence electrons. The van der Waals surface area contributed by atoms with Gasteiger partial charge in [0.15, 0.2) is 5.75 Å². The van der Waals surface area contributed by atoms with Crippen LogP contribution in [0.1, 0.15) is 19.4 Å². The molecule has 0 saturated heterocycles. The number of carbonyl (C=O) groups excluding carboxylic acids is 1. The number of ether oxygens (including phenoxy) is 2. The summed E-state index contributed by atoms with van der Waals surface area (Å²) in [5, 5.41) is 0.566. The Morgan fingerprint density at radius 1 is 1.25 bits per heavy atom. The molecule has 0 fully saturated rings. The molecule has 0 radical (unpaired) electrons. The van der Waals surface area contributed by atoms with E-state index in [-0.39, 0.29) is 21.9 Å². The van der Waals surface area contributed by atoms with Crippen LogP contribution >= 0.6 is 23.2 Å². The third-order valence-electron chi connectivity index (χ3n) is 1.66. The fraction of sp³-hybridized carbons (Fsp3) is 0.364. The maximum atomic E-state index is 11.3. The van der Waals surface area contributed by atoms with Crippen molar-refractivity contribution < 1.29 is 14.3 Å². The van der Waals surface area contributed by atoms with Crippen molar-refractivity contribution in [2.24, 2.45) is 0 Å². The van der Waals surface area contributed by atoms with Gasteiger partial charge in [-0.25, -0.2) is 4.79 Å². The molecule has 0 atom stereocenters. The zero-order valence-corrected chi connectivity index (χ0v) is 10.7. The topological polar surface area (TPSA) is 35.5 Å². The molecule has 0 aliphatic heterocycles. The Kier molecular flexibility index (Phi) is 4.44. The zero-order valence-electron chi connectivity index (χ0n) is 9.21. The summed E-state index contributed by atoms with van der Waals surface area (Å²) >= 11 is 11.8. The number of hydrogen-bond acceptors (Lipinski definition) is 3. The maximum Gasteiger partial charge on any atom is 0.514 e. The highest BCUT2D eigenvalue weighted by Crippen LogP contribution is 2.34. The molecular weight excluding hydrogens is 251 g/mol. The molecule has 0 amide bonds. The van der Waals surface area contributed by atoms with E-state index in [9.17, 15) is 4.79 Å². The summed E-state index contributed by atoms with van der Waals surface area (Å²) in [7, 11) is 0. The summed E-state index contributed by atoms with van der Waals surface area (Å²) in [6, 6.07) is 3.32. The summed E-state index contributed by atoms with van der Waals surface area (Å²) in [6.45, 7) is 5.28. The Bertz CT molecular complexity index is 379. The minimum Gasteiger partial charge on any atom is -0.431 e. The third-order valence-corrected chi connectivity index (χ3v) is 2.22. The highest BCUT2D eigenvalue weighted by molar-refractivity contribution is 6.37. The fourth-order valence-electron chi connectivity index (χ4n) is 1.08. The first-order valence-electron chi connectivity index (χ1n) is 4.74. The average Bonchev–Trinajstić information content (AvgIpc) is 2.09. The third kappa shape index (κ3) is 3.58. The monoisotopic (exact) mass is 262 g/mol. The van der Waals surface area contributed by atoms with E-state index < -0.39 is 6.16 Å². The van der Waals surface area contributed by atoms with Crippen molar-refractivity contribution in [2.45, 2.75) is 26.9 Å². The summed E-state index contributed by atoms with van der Waals surface area (Å²) in [6.07, 6.45) is -1.07. The molecule has 0 spiro atoms. The first-order chi connectivity index (χ1) is 7.40. The van der Waals surface area contributed by atoms with Gasteiger partial charge in [0.05, 0.1) is 16.1 Å². The number of hydrogen-bond donors (Lipinski definition) is 0. The molecule has 0 aliphatic carbocycles. The lowest BCUT2D eigenvalue weighted by Crippen LogP contribution is -2.16. The van der Waals surface area contributed by atoms with Crippen LogP contribution in [0.5, 0.6) is 5.75 Å². The Morgan fingerprint density at radius 2 is 1.75 bits per heavy atom. The van der Waals surface area contributed by atoms with Crippen LogP contribution < -0.4 is 4.74 Å².